The maximum atomic E-state index is 6.73. The number of rotatable bonds is 5. The van der Waals surface area contributed by atoms with Crippen LogP contribution in [0.4, 0.5) is 11.4 Å². The smallest absolute Gasteiger partial charge is 0.145 e. The van der Waals surface area contributed by atoms with Crippen molar-refractivity contribution in [1.82, 2.24) is 0 Å². The van der Waals surface area contributed by atoms with Crippen LogP contribution in [0, 0.1) is 0 Å². The largest absolute Gasteiger partial charge is 0.485 e. The molecule has 0 spiro atoms. The third-order valence-electron chi connectivity index (χ3n) is 11.0. The molecule has 0 N–H and O–H groups in total. The minimum Gasteiger partial charge on any atom is -0.485 e. The average Bonchev–Trinajstić information content (AvgIpc) is 3.80. The second-order valence-electron chi connectivity index (χ2n) is 14.0. The molecule has 2 atom stereocenters. The number of nitrogens with zero attached hydrogens (tertiary/aromatic N) is 1. The van der Waals surface area contributed by atoms with E-state index in [0.717, 1.165) is 55.9 Å². The van der Waals surface area contributed by atoms with Crippen molar-refractivity contribution in [3.63, 3.8) is 0 Å². The minimum absolute atomic E-state index is 0.0282. The van der Waals surface area contributed by atoms with Crippen molar-refractivity contribution in [2.75, 3.05) is 4.90 Å². The fourth-order valence-corrected chi connectivity index (χ4v) is 8.44. The van der Waals surface area contributed by atoms with Gasteiger partial charge in [0.1, 0.15) is 23.0 Å². The second kappa shape index (κ2) is 11.9. The summed E-state index contributed by atoms with van der Waals surface area (Å²) in [5.41, 5.74) is 10.8. The molecule has 3 heteroatoms. The van der Waals surface area contributed by atoms with E-state index >= 15 is 0 Å². The van der Waals surface area contributed by atoms with Crippen LogP contribution in [0.1, 0.15) is 11.5 Å². The van der Waals surface area contributed by atoms with Crippen molar-refractivity contribution >= 4 is 54.9 Å². The molecule has 2 heterocycles. The molecule has 250 valence electrons. The molecule has 9 aromatic rings. The quantitative estimate of drug-likeness (QED) is 0.169. The van der Waals surface area contributed by atoms with Gasteiger partial charge in [-0.3, -0.25) is 0 Å². The van der Waals surface area contributed by atoms with Crippen molar-refractivity contribution in [2.24, 2.45) is 0 Å². The number of hydrogen-bond donors (Lipinski definition) is 0. The number of fused-ring (bicyclic) bond motifs is 9. The van der Waals surface area contributed by atoms with Gasteiger partial charge in [0.2, 0.25) is 0 Å². The van der Waals surface area contributed by atoms with Crippen molar-refractivity contribution in [3.05, 3.63) is 199 Å². The molecule has 2 unspecified atom stereocenters. The highest BCUT2D eigenvalue weighted by atomic mass is 16.5. The van der Waals surface area contributed by atoms with Gasteiger partial charge in [0.25, 0.3) is 0 Å². The Hall–Kier alpha value is -6.84. The maximum absolute atomic E-state index is 6.73. The van der Waals surface area contributed by atoms with E-state index in [1.54, 1.807) is 0 Å². The average molecular weight is 680 g/mol. The molecule has 0 bridgehead atoms. The van der Waals surface area contributed by atoms with E-state index in [9.17, 15) is 0 Å². The zero-order valence-corrected chi connectivity index (χ0v) is 28.8. The number of ether oxygens (including phenoxy) is 1. The molecule has 0 amide bonds. The Morgan fingerprint density at radius 1 is 0.528 bits per heavy atom. The molecule has 0 radical (unpaired) electrons. The van der Waals surface area contributed by atoms with Crippen molar-refractivity contribution in [2.45, 2.75) is 12.0 Å². The van der Waals surface area contributed by atoms with Crippen molar-refractivity contribution in [3.8, 4) is 28.0 Å². The van der Waals surface area contributed by atoms with Gasteiger partial charge in [-0.15, -0.1) is 0 Å². The first kappa shape index (κ1) is 29.8. The molecular weight excluding hydrogens is 647 g/mol. The Labute approximate surface area is 307 Å². The van der Waals surface area contributed by atoms with E-state index in [1.165, 1.54) is 38.2 Å². The Morgan fingerprint density at radius 3 is 2.13 bits per heavy atom. The lowest BCUT2D eigenvalue weighted by Gasteiger charge is -2.31. The van der Waals surface area contributed by atoms with E-state index in [0.29, 0.717) is 0 Å². The summed E-state index contributed by atoms with van der Waals surface area (Å²) in [6, 6.07) is 60.6. The third-order valence-corrected chi connectivity index (χ3v) is 11.0. The van der Waals surface area contributed by atoms with E-state index in [4.69, 9.17) is 9.15 Å². The molecule has 2 aliphatic rings. The summed E-state index contributed by atoms with van der Waals surface area (Å²) in [6.07, 6.45) is 6.77. The van der Waals surface area contributed by atoms with Gasteiger partial charge in [-0.2, -0.15) is 0 Å². The van der Waals surface area contributed by atoms with Gasteiger partial charge in [0.15, 0.2) is 0 Å². The van der Waals surface area contributed by atoms with Crippen LogP contribution < -0.4 is 9.64 Å². The Kier molecular flexibility index (Phi) is 6.68. The Morgan fingerprint density at radius 2 is 1.25 bits per heavy atom. The van der Waals surface area contributed by atoms with E-state index < -0.39 is 0 Å². The number of allylic oxidation sites excluding steroid dienone is 1. The minimum atomic E-state index is -0.0282. The van der Waals surface area contributed by atoms with Crippen LogP contribution in [0.2, 0.25) is 0 Å². The lowest BCUT2D eigenvalue weighted by atomic mass is 9.90. The first-order chi connectivity index (χ1) is 26.3. The molecule has 53 heavy (non-hydrogen) atoms. The lowest BCUT2D eigenvalue weighted by Crippen LogP contribution is -2.23. The molecule has 0 saturated heterocycles. The second-order valence-corrected chi connectivity index (χ2v) is 14.0. The highest BCUT2D eigenvalue weighted by Gasteiger charge is 2.35. The van der Waals surface area contributed by atoms with Gasteiger partial charge < -0.3 is 14.1 Å². The van der Waals surface area contributed by atoms with Crippen LogP contribution in [0.3, 0.4) is 0 Å². The van der Waals surface area contributed by atoms with Gasteiger partial charge in [-0.1, -0.05) is 127 Å². The summed E-state index contributed by atoms with van der Waals surface area (Å²) in [5.74, 6) is 1.07. The molecule has 1 aliphatic carbocycles. The number of para-hydroxylation sites is 2. The number of benzene rings is 8. The van der Waals surface area contributed by atoms with Crippen molar-refractivity contribution < 1.29 is 9.15 Å². The monoisotopic (exact) mass is 679 g/mol. The topological polar surface area (TPSA) is 25.6 Å². The normalized spacial score (nSPS) is 16.1. The maximum Gasteiger partial charge on any atom is 0.145 e. The standard InChI is InChI=1S/C50H33NO2/c1-2-10-33(11-3-1)40-27-28-45(49-42-15-7-9-17-47(42)53-50(40)49)51(38-26-29-48-44(31-38)41-14-6-8-16-46(41)52-48)37-24-22-32(23-25-37)36-21-20-35-19-18-34-12-4-5-13-39(34)43(35)30-36/h1-31,44,48H. The molecular formula is C50H33NO2. The zero-order chi connectivity index (χ0) is 34.9. The van der Waals surface area contributed by atoms with Gasteiger partial charge in [0.05, 0.1) is 11.1 Å². The molecule has 11 rings (SSSR count). The summed E-state index contributed by atoms with van der Waals surface area (Å²) >= 11 is 0. The fraction of sp³-hybridized carbons (Fsp3) is 0.0400. The highest BCUT2D eigenvalue weighted by Crippen LogP contribution is 2.48. The van der Waals surface area contributed by atoms with Gasteiger partial charge >= 0.3 is 0 Å². The van der Waals surface area contributed by atoms with E-state index in [1.807, 2.05) is 12.1 Å². The van der Waals surface area contributed by atoms with Crippen LogP contribution in [0.15, 0.2) is 198 Å². The zero-order valence-electron chi connectivity index (χ0n) is 28.8. The molecule has 3 nitrogen and oxygen atoms in total. The highest BCUT2D eigenvalue weighted by molar-refractivity contribution is 6.16. The van der Waals surface area contributed by atoms with Crippen LogP contribution >= 0.6 is 0 Å². The Balaban J connectivity index is 1.10. The molecule has 1 aromatic heterocycles. The van der Waals surface area contributed by atoms with Gasteiger partial charge in [-0.25, -0.2) is 0 Å². The summed E-state index contributed by atoms with van der Waals surface area (Å²) in [6.45, 7) is 0. The SMILES string of the molecule is C1=CC2Oc3ccccc3C2C=C1N(c1ccc(-c2ccc3ccc4ccccc4c3c2)cc1)c1ccc(-c2ccccc2)c2oc3ccccc3c12. The molecule has 0 saturated carbocycles. The van der Waals surface area contributed by atoms with E-state index in [2.05, 4.69) is 181 Å². The van der Waals surface area contributed by atoms with Crippen LogP contribution in [-0.4, -0.2) is 6.10 Å². The van der Waals surface area contributed by atoms with Gasteiger partial charge in [-0.05, 0) is 98.9 Å². The molecule has 1 aliphatic heterocycles. The van der Waals surface area contributed by atoms with Crippen LogP contribution in [-0.2, 0) is 0 Å². The van der Waals surface area contributed by atoms with Gasteiger partial charge in [0, 0.05) is 33.8 Å². The third kappa shape index (κ3) is 4.82. The fourth-order valence-electron chi connectivity index (χ4n) is 8.44. The summed E-state index contributed by atoms with van der Waals surface area (Å²) in [5, 5.41) is 7.23. The lowest BCUT2D eigenvalue weighted by molar-refractivity contribution is 0.268. The molecule has 8 aromatic carbocycles. The summed E-state index contributed by atoms with van der Waals surface area (Å²) in [4.78, 5) is 2.39. The van der Waals surface area contributed by atoms with Crippen LogP contribution in [0.25, 0.3) is 65.7 Å². The van der Waals surface area contributed by atoms with Crippen LogP contribution in [0.5, 0.6) is 5.75 Å². The predicted octanol–water partition coefficient (Wildman–Crippen LogP) is 13.4. The number of furan rings is 1. The first-order valence-corrected chi connectivity index (χ1v) is 18.2. The Bertz CT molecular complexity index is 2930. The van der Waals surface area contributed by atoms with Crippen molar-refractivity contribution in [1.29, 1.82) is 0 Å². The first-order valence-electron chi connectivity index (χ1n) is 18.2. The summed E-state index contributed by atoms with van der Waals surface area (Å²) in [7, 11) is 0. The number of hydrogen-bond acceptors (Lipinski definition) is 3. The number of anilines is 2. The van der Waals surface area contributed by atoms with E-state index in [-0.39, 0.29) is 12.0 Å². The predicted molar refractivity (Wildman–Crippen MR) is 219 cm³/mol. The molecule has 0 fully saturated rings. The summed E-state index contributed by atoms with van der Waals surface area (Å²) < 4.78 is 13.1.